The molecule has 4 aromatic rings. The van der Waals surface area contributed by atoms with Crippen LogP contribution in [0.1, 0.15) is 57.4 Å². The van der Waals surface area contributed by atoms with E-state index in [0.29, 0.717) is 19.6 Å². The highest BCUT2D eigenvalue weighted by atomic mass is 16.5. The molecule has 0 aromatic heterocycles. The lowest BCUT2D eigenvalue weighted by atomic mass is 10.0. The molecule has 4 rings (SSSR count). The number of aromatic carboxylic acids is 1. The molecule has 0 saturated carbocycles. The second-order valence-corrected chi connectivity index (χ2v) is 10.6. The lowest BCUT2D eigenvalue weighted by Crippen LogP contribution is -2.27. The summed E-state index contributed by atoms with van der Waals surface area (Å²) in [6.07, 6.45) is 4.36. The summed E-state index contributed by atoms with van der Waals surface area (Å²) in [5.74, 6) is -0.858. The van der Waals surface area contributed by atoms with Gasteiger partial charge in [0.15, 0.2) is 0 Å². The summed E-state index contributed by atoms with van der Waals surface area (Å²) >= 11 is 0. The average Bonchev–Trinajstić information content (AvgIpc) is 3.01. The molecule has 0 heterocycles. The van der Waals surface area contributed by atoms with Gasteiger partial charge in [-0.15, -0.1) is 0 Å². The predicted molar refractivity (Wildman–Crippen MR) is 169 cm³/mol. The van der Waals surface area contributed by atoms with Gasteiger partial charge in [0, 0.05) is 19.5 Å². The van der Waals surface area contributed by atoms with E-state index in [4.69, 9.17) is 9.84 Å². The molecule has 0 amide bonds. The van der Waals surface area contributed by atoms with E-state index >= 15 is 0 Å². The Labute approximate surface area is 253 Å². The molecular weight excluding hydrogens is 542 g/mol. The number of hydrogen-bond donors (Lipinski definition) is 2. The SMILES string of the molecule is O.O=C(O)CCCCN(CCc1ccccc1OCc1ccc(CCc2ccccc2)cc1)Cc1ccc(C(=O)O)cc1. The molecule has 0 aliphatic heterocycles. The minimum absolute atomic E-state index is 0. The highest BCUT2D eigenvalue weighted by molar-refractivity contribution is 5.87. The Kier molecular flexibility index (Phi) is 13.4. The zero-order valence-electron chi connectivity index (χ0n) is 24.5. The van der Waals surface area contributed by atoms with E-state index < -0.39 is 11.9 Å². The minimum Gasteiger partial charge on any atom is -0.489 e. The van der Waals surface area contributed by atoms with Crippen molar-refractivity contribution in [3.05, 3.63) is 137 Å². The molecule has 43 heavy (non-hydrogen) atoms. The second kappa shape index (κ2) is 17.5. The van der Waals surface area contributed by atoms with Gasteiger partial charge in [0.1, 0.15) is 12.4 Å². The number of benzene rings is 4. The van der Waals surface area contributed by atoms with Gasteiger partial charge in [-0.25, -0.2) is 4.79 Å². The van der Waals surface area contributed by atoms with Crippen molar-refractivity contribution >= 4 is 11.9 Å². The second-order valence-electron chi connectivity index (χ2n) is 10.6. The molecule has 0 aliphatic carbocycles. The Balaban J connectivity index is 0.00000506. The summed E-state index contributed by atoms with van der Waals surface area (Å²) in [4.78, 5) is 24.5. The number of unbranched alkanes of at least 4 members (excludes halogenated alkanes) is 1. The van der Waals surface area contributed by atoms with Crippen LogP contribution in [0.3, 0.4) is 0 Å². The Morgan fingerprint density at radius 3 is 1.91 bits per heavy atom. The van der Waals surface area contributed by atoms with E-state index in [9.17, 15) is 14.7 Å². The fourth-order valence-corrected chi connectivity index (χ4v) is 4.92. The van der Waals surface area contributed by atoms with Crippen molar-refractivity contribution in [1.82, 2.24) is 4.90 Å². The minimum atomic E-state index is -0.942. The van der Waals surface area contributed by atoms with E-state index in [2.05, 4.69) is 59.5 Å². The van der Waals surface area contributed by atoms with Crippen LogP contribution in [0.2, 0.25) is 0 Å². The lowest BCUT2D eigenvalue weighted by molar-refractivity contribution is -0.137. The van der Waals surface area contributed by atoms with Crippen LogP contribution in [0.5, 0.6) is 5.75 Å². The van der Waals surface area contributed by atoms with Crippen LogP contribution in [0.4, 0.5) is 0 Å². The Hall–Kier alpha value is -4.46. The molecule has 226 valence electrons. The van der Waals surface area contributed by atoms with Gasteiger partial charge in [-0.2, -0.15) is 0 Å². The Morgan fingerprint density at radius 1 is 0.628 bits per heavy atom. The summed E-state index contributed by atoms with van der Waals surface area (Å²) in [5, 5.41) is 18.2. The Morgan fingerprint density at radius 2 is 1.23 bits per heavy atom. The summed E-state index contributed by atoms with van der Waals surface area (Å²) in [6.45, 7) is 2.68. The van der Waals surface area contributed by atoms with Gasteiger partial charge < -0.3 is 20.4 Å². The van der Waals surface area contributed by atoms with E-state index in [1.54, 1.807) is 12.1 Å². The highest BCUT2D eigenvalue weighted by Gasteiger charge is 2.11. The van der Waals surface area contributed by atoms with Crippen LogP contribution < -0.4 is 4.74 Å². The van der Waals surface area contributed by atoms with Crippen molar-refractivity contribution in [2.45, 2.75) is 51.7 Å². The van der Waals surface area contributed by atoms with Crippen LogP contribution >= 0.6 is 0 Å². The molecule has 7 nitrogen and oxygen atoms in total. The fraction of sp³-hybridized carbons (Fsp3) is 0.278. The number of nitrogens with zero attached hydrogens (tertiary/aromatic N) is 1. The van der Waals surface area contributed by atoms with Gasteiger partial charge >= 0.3 is 11.9 Å². The third-order valence-corrected chi connectivity index (χ3v) is 7.35. The first-order valence-electron chi connectivity index (χ1n) is 14.5. The number of para-hydroxylation sites is 1. The number of rotatable bonds is 17. The molecule has 0 radical (unpaired) electrons. The normalized spacial score (nSPS) is 10.7. The van der Waals surface area contributed by atoms with Gasteiger partial charge in [0.25, 0.3) is 0 Å². The van der Waals surface area contributed by atoms with Crippen molar-refractivity contribution in [3.8, 4) is 5.75 Å². The number of carboxylic acid groups (broad SMARTS) is 2. The number of hydrogen-bond acceptors (Lipinski definition) is 4. The smallest absolute Gasteiger partial charge is 0.335 e. The maximum Gasteiger partial charge on any atom is 0.335 e. The summed E-state index contributed by atoms with van der Waals surface area (Å²) in [7, 11) is 0. The van der Waals surface area contributed by atoms with Crippen LogP contribution in [0, 0.1) is 0 Å². The fourth-order valence-electron chi connectivity index (χ4n) is 4.92. The van der Waals surface area contributed by atoms with Gasteiger partial charge in [-0.1, -0.05) is 84.9 Å². The molecule has 0 saturated heterocycles. The standard InChI is InChI=1S/C36H39NO5.H2O/c38-35(39)12-6-7-24-37(26-30-19-21-33(22-20-30)36(40)41)25-23-32-10-4-5-11-34(32)42-27-31-17-15-29(16-18-31)14-13-28-8-2-1-3-9-28;/h1-5,8-11,15-22H,6-7,12-14,23-27H2,(H,38,39)(H,40,41);1H2. The number of ether oxygens (including phenoxy) is 1. The predicted octanol–water partition coefficient (Wildman–Crippen LogP) is 6.22. The summed E-state index contributed by atoms with van der Waals surface area (Å²) in [6, 6.07) is 34.2. The number of aliphatic carboxylic acids is 1. The van der Waals surface area contributed by atoms with Crippen molar-refractivity contribution in [3.63, 3.8) is 0 Å². The number of aryl methyl sites for hydroxylation is 2. The third kappa shape index (κ3) is 11.4. The summed E-state index contributed by atoms with van der Waals surface area (Å²) in [5.41, 5.74) is 6.18. The van der Waals surface area contributed by atoms with Crippen molar-refractivity contribution in [2.75, 3.05) is 13.1 Å². The largest absolute Gasteiger partial charge is 0.489 e. The van der Waals surface area contributed by atoms with Crippen LogP contribution in [-0.4, -0.2) is 45.6 Å². The van der Waals surface area contributed by atoms with Gasteiger partial charge in [-0.3, -0.25) is 9.69 Å². The first kappa shape index (κ1) is 33.0. The average molecular weight is 584 g/mol. The molecule has 0 atom stereocenters. The van der Waals surface area contributed by atoms with Gasteiger partial charge in [0.2, 0.25) is 0 Å². The van der Waals surface area contributed by atoms with Gasteiger partial charge in [0.05, 0.1) is 5.56 Å². The maximum absolute atomic E-state index is 11.2. The van der Waals surface area contributed by atoms with Crippen LogP contribution in [0.25, 0.3) is 0 Å². The molecule has 0 bridgehead atoms. The molecule has 4 aromatic carbocycles. The van der Waals surface area contributed by atoms with E-state index in [1.165, 1.54) is 11.1 Å². The van der Waals surface area contributed by atoms with E-state index in [0.717, 1.165) is 61.2 Å². The molecule has 0 spiro atoms. The summed E-state index contributed by atoms with van der Waals surface area (Å²) < 4.78 is 6.26. The Bertz CT molecular complexity index is 1400. The topological polar surface area (TPSA) is 119 Å². The zero-order valence-corrected chi connectivity index (χ0v) is 24.5. The van der Waals surface area contributed by atoms with Gasteiger partial charge in [-0.05, 0) is 84.7 Å². The van der Waals surface area contributed by atoms with Crippen molar-refractivity contribution < 1.29 is 30.0 Å². The third-order valence-electron chi connectivity index (χ3n) is 7.35. The number of carboxylic acids is 2. The molecule has 0 unspecified atom stereocenters. The van der Waals surface area contributed by atoms with Crippen molar-refractivity contribution in [1.29, 1.82) is 0 Å². The molecule has 0 aliphatic rings. The maximum atomic E-state index is 11.2. The monoisotopic (exact) mass is 583 g/mol. The molecule has 7 heteroatoms. The van der Waals surface area contributed by atoms with Crippen LogP contribution in [0.15, 0.2) is 103 Å². The molecule has 0 fully saturated rings. The zero-order chi connectivity index (χ0) is 29.6. The first-order chi connectivity index (χ1) is 20.5. The van der Waals surface area contributed by atoms with E-state index in [-0.39, 0.29) is 17.5 Å². The van der Waals surface area contributed by atoms with Crippen molar-refractivity contribution in [2.24, 2.45) is 0 Å². The lowest BCUT2D eigenvalue weighted by Gasteiger charge is -2.23. The molecule has 4 N–H and O–H groups in total. The van der Waals surface area contributed by atoms with Crippen LogP contribution in [-0.2, 0) is 37.2 Å². The van der Waals surface area contributed by atoms with E-state index in [1.807, 2.05) is 36.4 Å². The first-order valence-corrected chi connectivity index (χ1v) is 14.5. The quantitative estimate of drug-likeness (QED) is 0.142. The molecular formula is C36H41NO6. The number of carbonyl (C=O) groups is 2. The highest BCUT2D eigenvalue weighted by Crippen LogP contribution is 2.21.